The maximum Gasteiger partial charge on any atom is 0.247 e. The summed E-state index contributed by atoms with van der Waals surface area (Å²) >= 11 is 0. The quantitative estimate of drug-likeness (QED) is 0.868. The molecule has 1 heterocycles. The third-order valence-corrected chi connectivity index (χ3v) is 4.31. The van der Waals surface area contributed by atoms with Crippen LogP contribution in [0.15, 0.2) is 24.3 Å². The molecule has 0 radical (unpaired) electrons. The Hall–Kier alpha value is -1.88. The number of amides is 1. The number of phenolic OH excluding ortho intramolecular Hbond substituents is 1. The van der Waals surface area contributed by atoms with Crippen molar-refractivity contribution >= 4 is 11.7 Å². The van der Waals surface area contributed by atoms with Crippen LogP contribution in [0.4, 0.5) is 0 Å². The highest BCUT2D eigenvalue weighted by atomic mass is 16.3. The number of benzene rings is 1. The van der Waals surface area contributed by atoms with Crippen LogP contribution in [-0.2, 0) is 15.1 Å². The second-order valence-electron chi connectivity index (χ2n) is 6.52. The van der Waals surface area contributed by atoms with E-state index in [9.17, 15) is 14.7 Å². The van der Waals surface area contributed by atoms with E-state index in [1.165, 1.54) is 19.1 Å². The van der Waals surface area contributed by atoms with E-state index in [1.807, 2.05) is 13.8 Å². The Morgan fingerprint density at radius 2 is 1.95 bits per heavy atom. The molecule has 1 saturated heterocycles. The van der Waals surface area contributed by atoms with Crippen molar-refractivity contribution in [2.45, 2.75) is 45.2 Å². The first-order valence-corrected chi connectivity index (χ1v) is 7.65. The monoisotopic (exact) mass is 304 g/mol. The second-order valence-corrected chi connectivity index (χ2v) is 6.52. The summed E-state index contributed by atoms with van der Waals surface area (Å²) in [6, 6.07) is 5.98. The van der Waals surface area contributed by atoms with Gasteiger partial charge in [0.15, 0.2) is 5.78 Å². The van der Waals surface area contributed by atoms with Crippen molar-refractivity contribution in [2.75, 3.05) is 6.54 Å². The Kier molecular flexibility index (Phi) is 4.56. The summed E-state index contributed by atoms with van der Waals surface area (Å²) in [4.78, 5) is 26.4. The first-order valence-electron chi connectivity index (χ1n) is 7.65. The van der Waals surface area contributed by atoms with Crippen molar-refractivity contribution in [3.05, 3.63) is 29.8 Å². The fraction of sp³-hybridized carbons (Fsp3) is 0.529. The van der Waals surface area contributed by atoms with E-state index < -0.39 is 11.6 Å². The number of nitrogens with zero attached hydrogens (tertiary/aromatic N) is 1. The van der Waals surface area contributed by atoms with E-state index in [2.05, 4.69) is 0 Å². The number of Topliss-reactive ketones (excluding diaryl/α,β-unsaturated/α-hetero) is 1. The minimum absolute atomic E-state index is 0.00277. The third-order valence-electron chi connectivity index (χ3n) is 4.31. The molecule has 0 aromatic heterocycles. The molecule has 2 unspecified atom stereocenters. The van der Waals surface area contributed by atoms with E-state index in [4.69, 9.17) is 5.73 Å². The molecule has 5 nitrogen and oxygen atoms in total. The SMILES string of the molecule is CC(=O)C(CC(C)C)N1CCC(N)(c2ccc(O)cc2)C1=O. The number of nitrogens with two attached hydrogens (primary N) is 1. The van der Waals surface area contributed by atoms with Crippen LogP contribution >= 0.6 is 0 Å². The van der Waals surface area contributed by atoms with E-state index in [0.29, 0.717) is 30.9 Å². The van der Waals surface area contributed by atoms with Gasteiger partial charge in [0.25, 0.3) is 0 Å². The van der Waals surface area contributed by atoms with Gasteiger partial charge >= 0.3 is 0 Å². The van der Waals surface area contributed by atoms with Crippen LogP contribution in [0.1, 0.15) is 39.2 Å². The highest BCUT2D eigenvalue weighted by molar-refractivity contribution is 5.94. The van der Waals surface area contributed by atoms with Crippen LogP contribution in [0.5, 0.6) is 5.75 Å². The largest absolute Gasteiger partial charge is 0.508 e. The minimum Gasteiger partial charge on any atom is -0.508 e. The lowest BCUT2D eigenvalue weighted by Crippen LogP contribution is -2.49. The van der Waals surface area contributed by atoms with Gasteiger partial charge in [-0.25, -0.2) is 0 Å². The van der Waals surface area contributed by atoms with Gasteiger partial charge in [-0.15, -0.1) is 0 Å². The summed E-state index contributed by atoms with van der Waals surface area (Å²) < 4.78 is 0. The zero-order chi connectivity index (χ0) is 16.5. The van der Waals surface area contributed by atoms with Gasteiger partial charge < -0.3 is 15.7 Å². The molecule has 5 heteroatoms. The highest BCUT2D eigenvalue weighted by Crippen LogP contribution is 2.34. The first kappa shape index (κ1) is 16.5. The fourth-order valence-corrected chi connectivity index (χ4v) is 3.04. The molecule has 0 spiro atoms. The number of hydrogen-bond acceptors (Lipinski definition) is 4. The fourth-order valence-electron chi connectivity index (χ4n) is 3.04. The predicted octanol–water partition coefficient (Wildman–Crippen LogP) is 1.78. The average Bonchev–Trinajstić information content (AvgIpc) is 2.74. The number of likely N-dealkylation sites (tertiary alicyclic amines) is 1. The zero-order valence-corrected chi connectivity index (χ0v) is 13.4. The number of aromatic hydroxyl groups is 1. The molecule has 1 aliphatic rings. The van der Waals surface area contributed by atoms with Gasteiger partial charge in [-0.1, -0.05) is 26.0 Å². The van der Waals surface area contributed by atoms with Gasteiger partial charge in [-0.05, 0) is 43.4 Å². The number of carbonyl (C=O) groups is 2. The maximum absolute atomic E-state index is 12.8. The number of hydrogen-bond donors (Lipinski definition) is 2. The normalized spacial score (nSPS) is 23.1. The highest BCUT2D eigenvalue weighted by Gasteiger charge is 2.47. The third kappa shape index (κ3) is 2.99. The smallest absolute Gasteiger partial charge is 0.247 e. The van der Waals surface area contributed by atoms with Crippen LogP contribution in [0.25, 0.3) is 0 Å². The first-order chi connectivity index (χ1) is 10.3. The minimum atomic E-state index is -1.11. The van der Waals surface area contributed by atoms with E-state index in [1.54, 1.807) is 17.0 Å². The van der Waals surface area contributed by atoms with Crippen LogP contribution < -0.4 is 5.73 Å². The molecule has 1 aliphatic heterocycles. The molecule has 2 atom stereocenters. The lowest BCUT2D eigenvalue weighted by atomic mass is 9.89. The molecule has 0 aliphatic carbocycles. The van der Waals surface area contributed by atoms with Crippen molar-refractivity contribution in [1.29, 1.82) is 0 Å². The molecule has 22 heavy (non-hydrogen) atoms. The Morgan fingerprint density at radius 1 is 1.36 bits per heavy atom. The summed E-state index contributed by atoms with van der Waals surface area (Å²) in [5, 5.41) is 9.38. The Bertz CT molecular complexity index is 568. The van der Waals surface area contributed by atoms with Crippen molar-refractivity contribution in [3.8, 4) is 5.75 Å². The molecular weight excluding hydrogens is 280 g/mol. The molecule has 120 valence electrons. The summed E-state index contributed by atoms with van der Waals surface area (Å²) in [7, 11) is 0. The molecule has 3 N–H and O–H groups in total. The molecule has 1 fully saturated rings. The summed E-state index contributed by atoms with van der Waals surface area (Å²) in [5.74, 6) is 0.246. The van der Waals surface area contributed by atoms with Crippen LogP contribution in [0.3, 0.4) is 0 Å². The number of phenols is 1. The standard InChI is InChI=1S/C17H24N2O3/c1-11(2)10-15(12(3)20)19-9-8-17(18,16(19)22)13-4-6-14(21)7-5-13/h4-7,11,15,21H,8-10,18H2,1-3H3. The van der Waals surface area contributed by atoms with Crippen LogP contribution in [0.2, 0.25) is 0 Å². The Morgan fingerprint density at radius 3 is 2.45 bits per heavy atom. The van der Waals surface area contributed by atoms with Crippen molar-refractivity contribution < 1.29 is 14.7 Å². The van der Waals surface area contributed by atoms with Gasteiger partial charge in [-0.3, -0.25) is 9.59 Å². The lowest BCUT2D eigenvalue weighted by molar-refractivity contribution is -0.139. The molecule has 1 aromatic rings. The van der Waals surface area contributed by atoms with Gasteiger partial charge in [0.05, 0.1) is 6.04 Å². The Labute approximate surface area is 131 Å². The number of carbonyl (C=O) groups excluding carboxylic acids is 2. The summed E-state index contributed by atoms with van der Waals surface area (Å²) in [6.07, 6.45) is 1.12. The molecule has 0 saturated carbocycles. The second kappa shape index (κ2) is 6.08. The number of rotatable bonds is 5. The van der Waals surface area contributed by atoms with E-state index in [-0.39, 0.29) is 17.4 Å². The summed E-state index contributed by atoms with van der Waals surface area (Å²) in [5.41, 5.74) is 5.91. The Balaban J connectivity index is 2.27. The molecule has 0 bridgehead atoms. The van der Waals surface area contributed by atoms with Crippen molar-refractivity contribution in [1.82, 2.24) is 4.90 Å². The van der Waals surface area contributed by atoms with Crippen molar-refractivity contribution in [3.63, 3.8) is 0 Å². The van der Waals surface area contributed by atoms with Crippen LogP contribution in [0, 0.1) is 5.92 Å². The topological polar surface area (TPSA) is 83.6 Å². The maximum atomic E-state index is 12.8. The molecule has 1 amide bonds. The molecular formula is C17H24N2O3. The predicted molar refractivity (Wildman–Crippen MR) is 84.2 cm³/mol. The molecule has 1 aromatic carbocycles. The van der Waals surface area contributed by atoms with Gasteiger partial charge in [0, 0.05) is 6.54 Å². The zero-order valence-electron chi connectivity index (χ0n) is 13.4. The average molecular weight is 304 g/mol. The van der Waals surface area contributed by atoms with E-state index in [0.717, 1.165) is 0 Å². The van der Waals surface area contributed by atoms with Crippen molar-refractivity contribution in [2.24, 2.45) is 11.7 Å². The summed E-state index contributed by atoms with van der Waals surface area (Å²) in [6.45, 7) is 6.07. The van der Waals surface area contributed by atoms with E-state index >= 15 is 0 Å². The number of ketones is 1. The molecule has 2 rings (SSSR count). The van der Waals surface area contributed by atoms with Gasteiger partial charge in [-0.2, -0.15) is 0 Å². The van der Waals surface area contributed by atoms with Crippen LogP contribution in [-0.4, -0.2) is 34.3 Å². The lowest BCUT2D eigenvalue weighted by Gasteiger charge is -2.29. The van der Waals surface area contributed by atoms with Gasteiger partial charge in [0.1, 0.15) is 11.3 Å². The van der Waals surface area contributed by atoms with Gasteiger partial charge in [0.2, 0.25) is 5.91 Å².